The fourth-order valence-electron chi connectivity index (χ4n) is 3.37. The zero-order valence-corrected chi connectivity index (χ0v) is 16.9. The number of sulfonamides is 1. The number of hydrogen-bond donors (Lipinski definition) is 1. The van der Waals surface area contributed by atoms with Crippen molar-refractivity contribution >= 4 is 33.2 Å². The number of nitrogens with one attached hydrogen (secondary N) is 1. The number of ether oxygens (including phenoxy) is 2. The molecule has 0 aliphatic carbocycles. The predicted molar refractivity (Wildman–Crippen MR) is 104 cm³/mol. The molecule has 1 N–H and O–H groups in total. The Labute approximate surface area is 165 Å². The topological polar surface area (TPSA) is 84.9 Å². The molecule has 7 nitrogen and oxygen atoms in total. The minimum absolute atomic E-state index is 0.0432. The molecule has 27 heavy (non-hydrogen) atoms. The van der Waals surface area contributed by atoms with Crippen LogP contribution in [0.2, 0.25) is 5.02 Å². The van der Waals surface area contributed by atoms with Crippen LogP contribution in [0.3, 0.4) is 0 Å². The Morgan fingerprint density at radius 3 is 2.63 bits per heavy atom. The van der Waals surface area contributed by atoms with Crippen LogP contribution in [0.25, 0.3) is 0 Å². The van der Waals surface area contributed by atoms with Crippen LogP contribution in [0.15, 0.2) is 12.1 Å². The second kappa shape index (κ2) is 8.67. The summed E-state index contributed by atoms with van der Waals surface area (Å²) in [5, 5.41) is 3.11. The number of halogens is 1. The van der Waals surface area contributed by atoms with Crippen molar-refractivity contribution in [3.05, 3.63) is 17.2 Å². The third-order valence-corrected chi connectivity index (χ3v) is 7.06. The molecular formula is C18H25ClN2O5S. The average Bonchev–Trinajstić information content (AvgIpc) is 2.87. The summed E-state index contributed by atoms with van der Waals surface area (Å²) in [5.41, 5.74) is 0.393. The first-order valence-electron chi connectivity index (χ1n) is 9.32. The highest BCUT2D eigenvalue weighted by molar-refractivity contribution is 7.89. The van der Waals surface area contributed by atoms with Gasteiger partial charge in [0.15, 0.2) is 11.5 Å². The summed E-state index contributed by atoms with van der Waals surface area (Å²) in [7, 11) is -3.45. The molecular weight excluding hydrogens is 392 g/mol. The van der Waals surface area contributed by atoms with Gasteiger partial charge in [-0.3, -0.25) is 4.79 Å². The average molecular weight is 417 g/mol. The molecule has 0 spiro atoms. The van der Waals surface area contributed by atoms with E-state index in [1.54, 1.807) is 12.1 Å². The van der Waals surface area contributed by atoms with Crippen molar-refractivity contribution in [1.82, 2.24) is 4.31 Å². The van der Waals surface area contributed by atoms with Gasteiger partial charge in [-0.15, -0.1) is 0 Å². The molecule has 1 saturated heterocycles. The smallest absolute Gasteiger partial charge is 0.242 e. The summed E-state index contributed by atoms with van der Waals surface area (Å²) in [6, 6.07) is 2.53. The Balaban J connectivity index is 1.80. The Hall–Kier alpha value is -1.51. The van der Waals surface area contributed by atoms with Crippen LogP contribution < -0.4 is 14.8 Å². The van der Waals surface area contributed by atoms with Gasteiger partial charge in [0, 0.05) is 25.1 Å². The van der Waals surface area contributed by atoms with E-state index < -0.39 is 16.1 Å². The number of carbonyl (C=O) groups is 1. The second-order valence-electron chi connectivity index (χ2n) is 6.76. The zero-order chi connectivity index (χ0) is 19.4. The third kappa shape index (κ3) is 4.67. The monoisotopic (exact) mass is 416 g/mol. The molecule has 0 bridgehead atoms. The van der Waals surface area contributed by atoms with Gasteiger partial charge in [-0.25, -0.2) is 8.42 Å². The van der Waals surface area contributed by atoms with Crippen molar-refractivity contribution < 1.29 is 22.7 Å². The maximum atomic E-state index is 12.9. The normalized spacial score (nSPS) is 20.7. The standard InChI is InChI=1S/C18H25ClN2O5S/c1-2-10-27(23,24)21-7-4-3-6-15(21)18(22)20-14-12-17-16(11-13(14)19)25-8-5-9-26-17/h11-12,15H,2-10H2,1H3,(H,20,22). The minimum Gasteiger partial charge on any atom is -0.490 e. The number of benzene rings is 1. The summed E-state index contributed by atoms with van der Waals surface area (Å²) < 4.78 is 37.6. The maximum absolute atomic E-state index is 12.9. The van der Waals surface area contributed by atoms with Crippen molar-refractivity contribution in [1.29, 1.82) is 0 Å². The molecule has 2 aliphatic rings. The highest BCUT2D eigenvalue weighted by Gasteiger charge is 2.36. The van der Waals surface area contributed by atoms with Crippen molar-refractivity contribution in [3.63, 3.8) is 0 Å². The van der Waals surface area contributed by atoms with E-state index in [2.05, 4.69) is 5.32 Å². The molecule has 0 radical (unpaired) electrons. The molecule has 1 aromatic rings. The first-order valence-corrected chi connectivity index (χ1v) is 11.3. The number of piperidine rings is 1. The summed E-state index contributed by atoms with van der Waals surface area (Å²) in [5.74, 6) is 0.735. The Kier molecular flexibility index (Phi) is 6.49. The molecule has 3 rings (SSSR count). The van der Waals surface area contributed by atoms with Gasteiger partial charge < -0.3 is 14.8 Å². The number of carbonyl (C=O) groups excluding carboxylic acids is 1. The molecule has 2 heterocycles. The predicted octanol–water partition coefficient (Wildman–Crippen LogP) is 3.03. The van der Waals surface area contributed by atoms with E-state index in [0.29, 0.717) is 54.8 Å². The second-order valence-corrected chi connectivity index (χ2v) is 9.21. The van der Waals surface area contributed by atoms with Gasteiger partial charge in [-0.1, -0.05) is 24.9 Å². The van der Waals surface area contributed by atoms with E-state index >= 15 is 0 Å². The van der Waals surface area contributed by atoms with Crippen molar-refractivity contribution in [2.45, 2.75) is 45.1 Å². The van der Waals surface area contributed by atoms with Crippen LogP contribution in [-0.4, -0.2) is 50.2 Å². The Bertz CT molecular complexity index is 799. The maximum Gasteiger partial charge on any atom is 0.242 e. The lowest BCUT2D eigenvalue weighted by Gasteiger charge is -2.33. The number of nitrogens with zero attached hydrogens (tertiary/aromatic N) is 1. The number of rotatable bonds is 5. The summed E-state index contributed by atoms with van der Waals surface area (Å²) >= 11 is 6.29. The van der Waals surface area contributed by atoms with Gasteiger partial charge in [-0.2, -0.15) is 4.31 Å². The quantitative estimate of drug-likeness (QED) is 0.797. The van der Waals surface area contributed by atoms with Gasteiger partial charge in [0.1, 0.15) is 6.04 Å². The number of anilines is 1. The molecule has 150 valence electrons. The van der Waals surface area contributed by atoms with E-state index in [4.69, 9.17) is 21.1 Å². The van der Waals surface area contributed by atoms with E-state index in [1.165, 1.54) is 4.31 Å². The molecule has 1 atom stereocenters. The van der Waals surface area contributed by atoms with Gasteiger partial charge in [0.25, 0.3) is 0 Å². The summed E-state index contributed by atoms with van der Waals surface area (Å²) in [4.78, 5) is 12.9. The van der Waals surface area contributed by atoms with Crippen LogP contribution in [0.5, 0.6) is 11.5 Å². The van der Waals surface area contributed by atoms with E-state index in [9.17, 15) is 13.2 Å². The molecule has 1 aromatic carbocycles. The number of amides is 1. The fraction of sp³-hybridized carbons (Fsp3) is 0.611. The number of fused-ring (bicyclic) bond motifs is 1. The molecule has 9 heteroatoms. The van der Waals surface area contributed by atoms with Crippen LogP contribution in [-0.2, 0) is 14.8 Å². The highest BCUT2D eigenvalue weighted by Crippen LogP contribution is 2.38. The van der Waals surface area contributed by atoms with Crippen LogP contribution in [0.1, 0.15) is 39.0 Å². The summed E-state index contributed by atoms with van der Waals surface area (Å²) in [6.45, 7) is 3.25. The summed E-state index contributed by atoms with van der Waals surface area (Å²) in [6.07, 6.45) is 3.35. The first kappa shape index (κ1) is 20.2. The molecule has 0 saturated carbocycles. The van der Waals surface area contributed by atoms with Crippen molar-refractivity contribution in [2.75, 3.05) is 30.8 Å². The third-order valence-electron chi connectivity index (χ3n) is 4.67. The number of hydrogen-bond acceptors (Lipinski definition) is 5. The van der Waals surface area contributed by atoms with E-state index in [1.807, 2.05) is 6.92 Å². The van der Waals surface area contributed by atoms with Crippen LogP contribution in [0, 0.1) is 0 Å². The van der Waals surface area contributed by atoms with Gasteiger partial charge >= 0.3 is 0 Å². The zero-order valence-electron chi connectivity index (χ0n) is 15.4. The SMILES string of the molecule is CCCS(=O)(=O)N1CCCCC1C(=O)Nc1cc2c(cc1Cl)OCCCO2. The molecule has 2 aliphatic heterocycles. The Morgan fingerprint density at radius 1 is 1.22 bits per heavy atom. The molecule has 1 unspecified atom stereocenters. The largest absolute Gasteiger partial charge is 0.490 e. The van der Waals surface area contributed by atoms with Crippen LogP contribution >= 0.6 is 11.6 Å². The van der Waals surface area contributed by atoms with Gasteiger partial charge in [0.2, 0.25) is 15.9 Å². The minimum atomic E-state index is -3.45. The molecule has 1 amide bonds. The van der Waals surface area contributed by atoms with Crippen LogP contribution in [0.4, 0.5) is 5.69 Å². The lowest BCUT2D eigenvalue weighted by Crippen LogP contribution is -2.50. The lowest BCUT2D eigenvalue weighted by molar-refractivity contribution is -0.120. The lowest BCUT2D eigenvalue weighted by atomic mass is 10.0. The molecule has 1 fully saturated rings. The van der Waals surface area contributed by atoms with Gasteiger partial charge in [-0.05, 0) is 19.3 Å². The first-order chi connectivity index (χ1) is 12.9. The molecule has 0 aromatic heterocycles. The van der Waals surface area contributed by atoms with Gasteiger partial charge in [0.05, 0.1) is 29.7 Å². The van der Waals surface area contributed by atoms with Crippen molar-refractivity contribution in [3.8, 4) is 11.5 Å². The fourth-order valence-corrected chi connectivity index (χ4v) is 5.32. The highest BCUT2D eigenvalue weighted by atomic mass is 35.5. The van der Waals surface area contributed by atoms with Crippen molar-refractivity contribution in [2.24, 2.45) is 0 Å². The van der Waals surface area contributed by atoms with E-state index in [-0.39, 0.29) is 11.7 Å². The Morgan fingerprint density at radius 2 is 1.93 bits per heavy atom. The van der Waals surface area contributed by atoms with E-state index in [0.717, 1.165) is 19.3 Å².